The third-order valence-corrected chi connectivity index (χ3v) is 2.95. The highest BCUT2D eigenvalue weighted by Gasteiger charge is 2.03. The van der Waals surface area contributed by atoms with Crippen LogP contribution in [0.1, 0.15) is 62.7 Å². The zero-order chi connectivity index (χ0) is 16.1. The molecule has 1 amide bonds. The number of hydrogen-bond acceptors (Lipinski definition) is 3. The summed E-state index contributed by atoms with van der Waals surface area (Å²) in [6, 6.07) is 3.55. The number of primary amides is 1. The van der Waals surface area contributed by atoms with Crippen molar-refractivity contribution in [1.82, 2.24) is 0 Å². The Bertz CT molecular complexity index is 412. The molecule has 0 radical (unpaired) electrons. The molecule has 5 heteroatoms. The fourth-order valence-electron chi connectivity index (χ4n) is 1.85. The zero-order valence-corrected chi connectivity index (χ0v) is 13.0. The summed E-state index contributed by atoms with van der Waals surface area (Å²) in [6.07, 6.45) is 11.6. The highest BCUT2D eigenvalue weighted by molar-refractivity contribution is 5.92. The lowest BCUT2D eigenvalue weighted by Gasteiger charge is -1.99. The van der Waals surface area contributed by atoms with Crippen molar-refractivity contribution in [2.75, 3.05) is 0 Å². The number of aryl methyl sites for hydroxylation is 1. The van der Waals surface area contributed by atoms with Gasteiger partial charge >= 0.3 is 0 Å². The predicted molar refractivity (Wildman–Crippen MR) is 79.2 cm³/mol. The van der Waals surface area contributed by atoms with Crippen LogP contribution in [0.25, 0.3) is 0 Å². The Morgan fingerprint density at radius 3 is 2.05 bits per heavy atom. The number of aromatic nitrogens is 1. The van der Waals surface area contributed by atoms with Crippen LogP contribution in [-0.4, -0.2) is 11.9 Å². The Morgan fingerprint density at radius 2 is 1.57 bits per heavy atom. The van der Waals surface area contributed by atoms with Crippen molar-refractivity contribution in [3.63, 3.8) is 0 Å². The van der Waals surface area contributed by atoms with Gasteiger partial charge in [-0.25, -0.2) is 4.57 Å². The Hall–Kier alpha value is -1.91. The highest BCUT2D eigenvalue weighted by Crippen LogP contribution is 2.04. The van der Waals surface area contributed by atoms with Gasteiger partial charge in [0, 0.05) is 24.5 Å². The Labute approximate surface area is 126 Å². The summed E-state index contributed by atoms with van der Waals surface area (Å²) in [6.45, 7) is 4.22. The van der Waals surface area contributed by atoms with E-state index in [-0.39, 0.29) is 5.91 Å². The summed E-state index contributed by atoms with van der Waals surface area (Å²) >= 11 is 0. The predicted octanol–water partition coefficient (Wildman–Crippen LogP) is 1.19. The van der Waals surface area contributed by atoms with E-state index in [1.54, 1.807) is 12.1 Å². The number of nitrogens with zero attached hydrogens (tertiary/aromatic N) is 1. The van der Waals surface area contributed by atoms with Crippen molar-refractivity contribution in [2.24, 2.45) is 5.73 Å². The molecule has 0 spiro atoms. The molecular formula is C16H26N2O3. The van der Waals surface area contributed by atoms with Crippen molar-refractivity contribution in [3.05, 3.63) is 30.1 Å². The fourth-order valence-corrected chi connectivity index (χ4v) is 1.85. The van der Waals surface area contributed by atoms with Gasteiger partial charge in [0.2, 0.25) is 5.91 Å². The minimum absolute atomic E-state index is 0.364. The quantitative estimate of drug-likeness (QED) is 0.577. The second-order valence-electron chi connectivity index (χ2n) is 4.95. The SMILES string of the molecule is CC(=O)[O-].CCCCCCCC[n+]1ccc(C(N)=O)cc1. The third kappa shape index (κ3) is 11.6. The molecule has 0 atom stereocenters. The molecule has 0 aliphatic rings. The number of carboxylic acid groups (broad SMARTS) is 1. The first-order valence-electron chi connectivity index (χ1n) is 7.43. The number of rotatable bonds is 8. The molecule has 21 heavy (non-hydrogen) atoms. The van der Waals surface area contributed by atoms with E-state index in [1.807, 2.05) is 12.4 Å². The lowest BCUT2D eigenvalue weighted by Crippen LogP contribution is -2.33. The largest absolute Gasteiger partial charge is 0.550 e. The molecular weight excluding hydrogens is 268 g/mol. The summed E-state index contributed by atoms with van der Waals surface area (Å²) in [7, 11) is 0. The van der Waals surface area contributed by atoms with Crippen LogP contribution in [0, 0.1) is 0 Å². The van der Waals surface area contributed by atoms with E-state index in [0.717, 1.165) is 13.5 Å². The highest BCUT2D eigenvalue weighted by atomic mass is 16.4. The molecule has 0 saturated heterocycles. The standard InChI is InChI=1S/C14H22N2O.C2H4O2/c1-2-3-4-5-6-7-10-16-11-8-13(9-12-16)14(15)17;1-2(3)4/h8-9,11-12H,2-7,10H2,1H3,(H-,15,17);1H3,(H,3,4). The van der Waals surface area contributed by atoms with E-state index in [1.165, 1.54) is 38.5 Å². The van der Waals surface area contributed by atoms with Crippen molar-refractivity contribution in [3.8, 4) is 0 Å². The number of nitrogens with two attached hydrogens (primary N) is 1. The molecule has 0 aliphatic heterocycles. The van der Waals surface area contributed by atoms with Gasteiger partial charge in [0.1, 0.15) is 6.54 Å². The first-order valence-corrected chi connectivity index (χ1v) is 7.43. The van der Waals surface area contributed by atoms with Crippen LogP contribution in [0.2, 0.25) is 0 Å². The maximum Gasteiger partial charge on any atom is 0.249 e. The van der Waals surface area contributed by atoms with Gasteiger partial charge in [-0.2, -0.15) is 0 Å². The van der Waals surface area contributed by atoms with Crippen molar-refractivity contribution < 1.29 is 19.3 Å². The molecule has 1 rings (SSSR count). The molecule has 0 bridgehead atoms. The summed E-state index contributed by atoms with van der Waals surface area (Å²) in [5, 5.41) is 8.89. The van der Waals surface area contributed by atoms with Crippen molar-refractivity contribution >= 4 is 11.9 Å². The van der Waals surface area contributed by atoms with Gasteiger partial charge in [-0.1, -0.05) is 32.6 Å². The monoisotopic (exact) mass is 294 g/mol. The average molecular weight is 294 g/mol. The van der Waals surface area contributed by atoms with Gasteiger partial charge in [0.25, 0.3) is 0 Å². The van der Waals surface area contributed by atoms with Gasteiger partial charge < -0.3 is 15.6 Å². The molecule has 118 valence electrons. The Kier molecular flexibility index (Phi) is 10.8. The normalized spacial score (nSPS) is 9.62. The minimum atomic E-state index is -1.08. The minimum Gasteiger partial charge on any atom is -0.550 e. The first-order chi connectivity index (χ1) is 9.97. The van der Waals surface area contributed by atoms with Crippen LogP contribution >= 0.6 is 0 Å². The summed E-state index contributed by atoms with van der Waals surface area (Å²) < 4.78 is 2.10. The molecule has 5 nitrogen and oxygen atoms in total. The number of pyridine rings is 1. The number of hydrogen-bond donors (Lipinski definition) is 1. The molecule has 1 heterocycles. The number of unbranched alkanes of at least 4 members (excludes halogenated alkanes) is 5. The van der Waals surface area contributed by atoms with E-state index in [9.17, 15) is 4.79 Å². The van der Waals surface area contributed by atoms with Gasteiger partial charge in [-0.05, 0) is 13.3 Å². The second kappa shape index (κ2) is 11.9. The number of carboxylic acids is 1. The second-order valence-corrected chi connectivity index (χ2v) is 4.95. The van der Waals surface area contributed by atoms with Crippen LogP contribution < -0.4 is 15.4 Å². The average Bonchev–Trinajstić information content (AvgIpc) is 2.42. The van der Waals surface area contributed by atoms with Crippen LogP contribution in [-0.2, 0) is 11.3 Å². The van der Waals surface area contributed by atoms with Crippen LogP contribution in [0.3, 0.4) is 0 Å². The maximum absolute atomic E-state index is 10.9. The molecule has 0 aliphatic carbocycles. The van der Waals surface area contributed by atoms with E-state index in [2.05, 4.69) is 11.5 Å². The van der Waals surface area contributed by atoms with Crippen LogP contribution in [0.15, 0.2) is 24.5 Å². The fraction of sp³-hybridized carbons (Fsp3) is 0.562. The summed E-state index contributed by atoms with van der Waals surface area (Å²) in [5.74, 6) is -1.45. The molecule has 0 aromatic carbocycles. The van der Waals surface area contributed by atoms with E-state index in [0.29, 0.717) is 5.56 Å². The first kappa shape index (κ1) is 19.1. The molecule has 1 aromatic rings. The smallest absolute Gasteiger partial charge is 0.249 e. The van der Waals surface area contributed by atoms with Gasteiger partial charge in [0.05, 0.1) is 5.56 Å². The Balaban J connectivity index is 0.000000885. The van der Waals surface area contributed by atoms with E-state index in [4.69, 9.17) is 15.6 Å². The molecule has 0 unspecified atom stereocenters. The zero-order valence-electron chi connectivity index (χ0n) is 13.0. The third-order valence-electron chi connectivity index (χ3n) is 2.95. The summed E-state index contributed by atoms with van der Waals surface area (Å²) in [4.78, 5) is 19.8. The Morgan fingerprint density at radius 1 is 1.10 bits per heavy atom. The van der Waals surface area contributed by atoms with Crippen molar-refractivity contribution in [1.29, 1.82) is 0 Å². The van der Waals surface area contributed by atoms with E-state index >= 15 is 0 Å². The number of carbonyl (C=O) groups excluding carboxylic acids is 2. The van der Waals surface area contributed by atoms with Gasteiger partial charge in [-0.15, -0.1) is 0 Å². The van der Waals surface area contributed by atoms with E-state index < -0.39 is 5.97 Å². The molecule has 0 fully saturated rings. The number of carbonyl (C=O) groups is 2. The maximum atomic E-state index is 10.9. The van der Waals surface area contributed by atoms with Gasteiger partial charge in [0.15, 0.2) is 12.4 Å². The van der Waals surface area contributed by atoms with Crippen LogP contribution in [0.4, 0.5) is 0 Å². The molecule has 0 saturated carbocycles. The number of amides is 1. The topological polar surface area (TPSA) is 87.1 Å². The molecule has 2 N–H and O–H groups in total. The van der Waals surface area contributed by atoms with Gasteiger partial charge in [-0.3, -0.25) is 4.79 Å². The van der Waals surface area contributed by atoms with Crippen LogP contribution in [0.5, 0.6) is 0 Å². The molecule has 1 aromatic heterocycles. The summed E-state index contributed by atoms with van der Waals surface area (Å²) in [5.41, 5.74) is 5.76. The van der Waals surface area contributed by atoms with Crippen molar-refractivity contribution in [2.45, 2.75) is 58.9 Å². The number of aliphatic carboxylic acids is 1. The lowest BCUT2D eigenvalue weighted by molar-refractivity contribution is -0.697. The lowest BCUT2D eigenvalue weighted by atomic mass is 10.1.